The van der Waals surface area contributed by atoms with Gasteiger partial charge in [0.15, 0.2) is 0 Å². The molecule has 2 aromatic carbocycles. The third-order valence-electron chi connectivity index (χ3n) is 4.54. The number of hydrogen-bond acceptors (Lipinski definition) is 5. The van der Waals surface area contributed by atoms with Crippen molar-refractivity contribution in [3.05, 3.63) is 59.4 Å². The number of aryl methyl sites for hydroxylation is 1. The van der Waals surface area contributed by atoms with Gasteiger partial charge in [-0.3, -0.25) is 0 Å². The predicted octanol–water partition coefficient (Wildman–Crippen LogP) is 3.03. The maximum absolute atomic E-state index is 12.6. The minimum Gasteiger partial charge on any atom is -0.475 e. The highest BCUT2D eigenvalue weighted by atomic mass is 32.2. The molecule has 2 N–H and O–H groups in total. The average Bonchev–Trinajstić information content (AvgIpc) is 2.98. The van der Waals surface area contributed by atoms with Gasteiger partial charge in [-0.1, -0.05) is 12.1 Å². The van der Waals surface area contributed by atoms with Crippen molar-refractivity contribution in [1.82, 2.24) is 4.72 Å². The van der Waals surface area contributed by atoms with Crippen LogP contribution in [0.4, 0.5) is 5.69 Å². The highest BCUT2D eigenvalue weighted by Crippen LogP contribution is 2.27. The summed E-state index contributed by atoms with van der Waals surface area (Å²) in [4.78, 5) is 13.2. The standard InChI is InChI=1S/C20H22N2O5S/c1-13-17-12-16(7-8-18(17)27-19(13)20(23)24)28(25,26)21-10-9-14-5-4-6-15(11-14)22(2)3/h4-8,11-12,21H,9-10H2,1-3H3,(H,23,24). The van der Waals surface area contributed by atoms with Crippen molar-refractivity contribution < 1.29 is 22.7 Å². The molecule has 0 aliphatic heterocycles. The fourth-order valence-corrected chi connectivity index (χ4v) is 4.03. The minimum absolute atomic E-state index is 0.0721. The molecule has 148 valence electrons. The topological polar surface area (TPSA) is 99.8 Å². The van der Waals surface area contributed by atoms with Gasteiger partial charge in [-0.25, -0.2) is 17.9 Å². The van der Waals surface area contributed by atoms with Gasteiger partial charge in [0.2, 0.25) is 15.8 Å². The summed E-state index contributed by atoms with van der Waals surface area (Å²) in [6, 6.07) is 12.2. The van der Waals surface area contributed by atoms with E-state index in [1.807, 2.05) is 43.3 Å². The van der Waals surface area contributed by atoms with Crippen LogP contribution in [0.1, 0.15) is 21.7 Å². The normalized spacial score (nSPS) is 11.7. The molecule has 7 nitrogen and oxygen atoms in total. The Balaban J connectivity index is 1.76. The van der Waals surface area contributed by atoms with Crippen LogP contribution in [-0.2, 0) is 16.4 Å². The quantitative estimate of drug-likeness (QED) is 0.630. The van der Waals surface area contributed by atoms with Crippen molar-refractivity contribution in [2.45, 2.75) is 18.2 Å². The molecule has 0 saturated heterocycles. The van der Waals surface area contributed by atoms with Gasteiger partial charge in [0.1, 0.15) is 5.58 Å². The number of fused-ring (bicyclic) bond motifs is 1. The third kappa shape index (κ3) is 4.02. The van der Waals surface area contributed by atoms with Crippen molar-refractivity contribution in [1.29, 1.82) is 0 Å². The minimum atomic E-state index is -3.73. The second-order valence-corrected chi connectivity index (χ2v) is 8.50. The van der Waals surface area contributed by atoms with E-state index in [0.717, 1.165) is 11.3 Å². The molecule has 0 amide bonds. The number of nitrogens with one attached hydrogen (secondary N) is 1. The van der Waals surface area contributed by atoms with Gasteiger partial charge in [0.25, 0.3) is 0 Å². The number of rotatable bonds is 7. The predicted molar refractivity (Wildman–Crippen MR) is 108 cm³/mol. The Morgan fingerprint density at radius 1 is 1.18 bits per heavy atom. The van der Waals surface area contributed by atoms with E-state index in [4.69, 9.17) is 9.52 Å². The van der Waals surface area contributed by atoms with Crippen LogP contribution < -0.4 is 9.62 Å². The van der Waals surface area contributed by atoms with Crippen LogP contribution in [0.25, 0.3) is 11.0 Å². The van der Waals surface area contributed by atoms with Crippen molar-refractivity contribution in [2.75, 3.05) is 25.5 Å². The summed E-state index contributed by atoms with van der Waals surface area (Å²) in [5, 5.41) is 9.62. The molecule has 0 fully saturated rings. The van der Waals surface area contributed by atoms with E-state index >= 15 is 0 Å². The third-order valence-corrected chi connectivity index (χ3v) is 6.00. The number of carboxylic acid groups (broad SMARTS) is 1. The molecule has 1 aromatic heterocycles. The molecule has 0 aliphatic carbocycles. The molecule has 0 atom stereocenters. The Morgan fingerprint density at radius 2 is 1.93 bits per heavy atom. The van der Waals surface area contributed by atoms with Crippen molar-refractivity contribution in [3.8, 4) is 0 Å². The first-order valence-electron chi connectivity index (χ1n) is 8.71. The lowest BCUT2D eigenvalue weighted by atomic mass is 10.1. The Labute approximate surface area is 163 Å². The highest BCUT2D eigenvalue weighted by Gasteiger charge is 2.20. The Bertz CT molecular complexity index is 1130. The van der Waals surface area contributed by atoms with Gasteiger partial charge >= 0.3 is 5.97 Å². The average molecular weight is 402 g/mol. The van der Waals surface area contributed by atoms with Gasteiger partial charge < -0.3 is 14.4 Å². The van der Waals surface area contributed by atoms with Crippen LogP contribution in [0.3, 0.4) is 0 Å². The molecule has 0 unspecified atom stereocenters. The number of carboxylic acids is 1. The monoisotopic (exact) mass is 402 g/mol. The van der Waals surface area contributed by atoms with E-state index in [9.17, 15) is 13.2 Å². The van der Waals surface area contributed by atoms with Crippen LogP contribution in [0, 0.1) is 6.92 Å². The molecule has 0 spiro atoms. The number of carbonyl (C=O) groups is 1. The number of anilines is 1. The smallest absolute Gasteiger partial charge is 0.372 e. The molecule has 0 bridgehead atoms. The maximum Gasteiger partial charge on any atom is 0.372 e. The first-order chi connectivity index (χ1) is 13.2. The van der Waals surface area contributed by atoms with E-state index in [0.29, 0.717) is 23.0 Å². The summed E-state index contributed by atoms with van der Waals surface area (Å²) in [7, 11) is 0.174. The van der Waals surface area contributed by atoms with Crippen LogP contribution >= 0.6 is 0 Å². The summed E-state index contributed by atoms with van der Waals surface area (Å²) in [6.07, 6.45) is 0.553. The SMILES string of the molecule is Cc1c(C(=O)O)oc2ccc(S(=O)(=O)NCCc3cccc(N(C)C)c3)cc12. The lowest BCUT2D eigenvalue weighted by molar-refractivity contribution is 0.0664. The molecule has 0 saturated carbocycles. The largest absolute Gasteiger partial charge is 0.475 e. The van der Waals surface area contributed by atoms with Gasteiger partial charge in [-0.2, -0.15) is 0 Å². The van der Waals surface area contributed by atoms with E-state index in [2.05, 4.69) is 4.72 Å². The van der Waals surface area contributed by atoms with Crippen molar-refractivity contribution in [2.24, 2.45) is 0 Å². The van der Waals surface area contributed by atoms with Gasteiger partial charge in [-0.05, 0) is 49.2 Å². The summed E-state index contributed by atoms with van der Waals surface area (Å²) < 4.78 is 33.1. The van der Waals surface area contributed by atoms with Crippen LogP contribution in [0.15, 0.2) is 51.8 Å². The lowest BCUT2D eigenvalue weighted by Crippen LogP contribution is -2.26. The van der Waals surface area contributed by atoms with Crippen LogP contribution in [0.2, 0.25) is 0 Å². The zero-order valence-electron chi connectivity index (χ0n) is 15.9. The first-order valence-corrected chi connectivity index (χ1v) is 10.2. The second-order valence-electron chi connectivity index (χ2n) is 6.73. The summed E-state index contributed by atoms with van der Waals surface area (Å²) in [5.74, 6) is -1.37. The fourth-order valence-electron chi connectivity index (χ4n) is 2.97. The number of aromatic carboxylic acids is 1. The molecule has 8 heteroatoms. The fraction of sp³-hybridized carbons (Fsp3) is 0.250. The van der Waals surface area contributed by atoms with Gasteiger partial charge in [0.05, 0.1) is 4.90 Å². The summed E-state index contributed by atoms with van der Waals surface area (Å²) in [6.45, 7) is 1.85. The highest BCUT2D eigenvalue weighted by molar-refractivity contribution is 7.89. The molecular formula is C20H22N2O5S. The number of sulfonamides is 1. The lowest BCUT2D eigenvalue weighted by Gasteiger charge is -2.13. The van der Waals surface area contributed by atoms with Gasteiger partial charge in [0, 0.05) is 37.3 Å². The number of benzene rings is 2. The Morgan fingerprint density at radius 3 is 2.61 bits per heavy atom. The molecule has 0 radical (unpaired) electrons. The molecule has 28 heavy (non-hydrogen) atoms. The van der Waals surface area contributed by atoms with Crippen molar-refractivity contribution in [3.63, 3.8) is 0 Å². The first kappa shape index (κ1) is 19.9. The van der Waals surface area contributed by atoms with Crippen molar-refractivity contribution >= 4 is 32.6 Å². The van der Waals surface area contributed by atoms with E-state index in [1.165, 1.54) is 18.2 Å². The molecule has 0 aliphatic rings. The van der Waals surface area contributed by atoms with Crippen LogP contribution in [-0.4, -0.2) is 40.1 Å². The zero-order chi connectivity index (χ0) is 20.5. The summed E-state index contributed by atoms with van der Waals surface area (Å²) in [5.41, 5.74) is 2.83. The van der Waals surface area contributed by atoms with E-state index in [-0.39, 0.29) is 17.2 Å². The molecule has 3 rings (SSSR count). The van der Waals surface area contributed by atoms with E-state index < -0.39 is 16.0 Å². The van der Waals surface area contributed by atoms with Crippen LogP contribution in [0.5, 0.6) is 0 Å². The zero-order valence-corrected chi connectivity index (χ0v) is 16.7. The molecular weight excluding hydrogens is 380 g/mol. The Hall–Kier alpha value is -2.84. The Kier molecular flexibility index (Phi) is 5.44. The number of nitrogens with zero attached hydrogens (tertiary/aromatic N) is 1. The summed E-state index contributed by atoms with van der Waals surface area (Å²) >= 11 is 0. The molecule has 1 heterocycles. The van der Waals surface area contributed by atoms with E-state index in [1.54, 1.807) is 6.92 Å². The number of furan rings is 1. The maximum atomic E-state index is 12.6. The molecule has 3 aromatic rings. The number of hydrogen-bond donors (Lipinski definition) is 2. The van der Waals surface area contributed by atoms with Gasteiger partial charge in [-0.15, -0.1) is 0 Å². The second kappa shape index (κ2) is 7.65.